The first-order chi connectivity index (χ1) is 4.61. The highest BCUT2D eigenvalue weighted by Crippen LogP contribution is 2.15. The van der Waals surface area contributed by atoms with Crippen molar-refractivity contribution in [3.8, 4) is 0 Å². The van der Waals surface area contributed by atoms with Gasteiger partial charge in [-0.2, -0.15) is 0 Å². The summed E-state index contributed by atoms with van der Waals surface area (Å²) < 4.78 is 1.67. The zero-order valence-electron chi connectivity index (χ0n) is 5.11. The highest BCUT2D eigenvalue weighted by atomic mass is 79.9. The van der Waals surface area contributed by atoms with Gasteiger partial charge in [0.15, 0.2) is 4.60 Å². The molecule has 1 aromatic heterocycles. The third-order valence-corrected chi connectivity index (χ3v) is 1.40. The Bertz CT molecular complexity index is 269. The molecule has 0 unspecified atom stereocenters. The first kappa shape index (κ1) is 7.20. The molecular formula is C4H4BrN3O2. The Morgan fingerprint density at radius 3 is 2.70 bits per heavy atom. The number of rotatable bonds is 1. The second-order valence-corrected chi connectivity index (χ2v) is 2.52. The molecule has 0 spiro atoms. The quantitative estimate of drug-likeness (QED) is 0.510. The van der Waals surface area contributed by atoms with Gasteiger partial charge in [0.05, 0.1) is 6.07 Å². The normalized spacial score (nSPS) is 9.80. The highest BCUT2D eigenvalue weighted by Gasteiger charge is 2.11. The molecule has 54 valence electrons. The molecule has 5 nitrogen and oxygen atoms in total. The standard InChI is InChI=1S/C4H4BrN3O2/c1-7-4(8(9)10)2-3(5)6-7/h2H,1H3. The maximum Gasteiger partial charge on any atom is 0.345 e. The number of nitrogens with zero attached hydrogens (tertiary/aromatic N) is 3. The van der Waals surface area contributed by atoms with E-state index in [0.717, 1.165) is 0 Å². The van der Waals surface area contributed by atoms with Crippen molar-refractivity contribution in [3.63, 3.8) is 0 Å². The molecule has 0 N–H and O–H groups in total. The van der Waals surface area contributed by atoms with Crippen molar-refractivity contribution in [3.05, 3.63) is 20.8 Å². The van der Waals surface area contributed by atoms with Crippen LogP contribution in [0.2, 0.25) is 0 Å². The second-order valence-electron chi connectivity index (χ2n) is 1.71. The maximum absolute atomic E-state index is 10.2. The van der Waals surface area contributed by atoms with Crippen molar-refractivity contribution in [2.75, 3.05) is 0 Å². The van der Waals surface area contributed by atoms with E-state index in [-0.39, 0.29) is 5.82 Å². The second kappa shape index (κ2) is 2.37. The Kier molecular flexibility index (Phi) is 1.71. The van der Waals surface area contributed by atoms with E-state index in [9.17, 15) is 10.1 Å². The van der Waals surface area contributed by atoms with Crippen molar-refractivity contribution in [1.29, 1.82) is 0 Å². The van der Waals surface area contributed by atoms with Gasteiger partial charge >= 0.3 is 5.82 Å². The molecule has 1 rings (SSSR count). The molecule has 0 saturated carbocycles. The van der Waals surface area contributed by atoms with Crippen molar-refractivity contribution in [2.45, 2.75) is 0 Å². The predicted octanol–water partition coefficient (Wildman–Crippen LogP) is 1.09. The van der Waals surface area contributed by atoms with Crippen LogP contribution < -0.4 is 0 Å². The molecule has 0 amide bonds. The van der Waals surface area contributed by atoms with Gasteiger partial charge in [-0.05, 0) is 20.9 Å². The summed E-state index contributed by atoms with van der Waals surface area (Å²) in [5, 5.41) is 13.9. The summed E-state index contributed by atoms with van der Waals surface area (Å²) in [5.74, 6) is -0.0214. The van der Waals surface area contributed by atoms with Crippen molar-refractivity contribution in [2.24, 2.45) is 7.05 Å². The maximum atomic E-state index is 10.2. The van der Waals surface area contributed by atoms with Crippen LogP contribution in [0.3, 0.4) is 0 Å². The molecule has 10 heavy (non-hydrogen) atoms. The number of halogens is 1. The molecule has 0 atom stereocenters. The SMILES string of the molecule is Cn1nc(Br)cc1[N+](=O)[O-]. The molecule has 0 aromatic carbocycles. The Balaban J connectivity index is 3.15. The molecular weight excluding hydrogens is 202 g/mol. The number of aromatic nitrogens is 2. The Hall–Kier alpha value is -0.910. The van der Waals surface area contributed by atoms with Gasteiger partial charge in [-0.3, -0.25) is 0 Å². The zero-order valence-corrected chi connectivity index (χ0v) is 6.70. The van der Waals surface area contributed by atoms with Gasteiger partial charge in [0.1, 0.15) is 7.05 Å². The van der Waals surface area contributed by atoms with Gasteiger partial charge in [-0.25, -0.2) is 0 Å². The van der Waals surface area contributed by atoms with Crippen molar-refractivity contribution >= 4 is 21.7 Å². The fourth-order valence-electron chi connectivity index (χ4n) is 0.594. The number of aryl methyl sites for hydroxylation is 1. The molecule has 0 aliphatic heterocycles. The fourth-order valence-corrected chi connectivity index (χ4v) is 1.04. The summed E-state index contributed by atoms with van der Waals surface area (Å²) >= 11 is 3.01. The summed E-state index contributed by atoms with van der Waals surface area (Å²) in [7, 11) is 1.52. The van der Waals surface area contributed by atoms with Crippen LogP contribution in [0.1, 0.15) is 0 Å². The third kappa shape index (κ3) is 1.15. The van der Waals surface area contributed by atoms with E-state index < -0.39 is 4.92 Å². The van der Waals surface area contributed by atoms with Gasteiger partial charge in [0.25, 0.3) is 0 Å². The van der Waals surface area contributed by atoms with E-state index in [2.05, 4.69) is 21.0 Å². The molecule has 0 saturated heterocycles. The van der Waals surface area contributed by atoms with Crippen LogP contribution in [0.4, 0.5) is 5.82 Å². The van der Waals surface area contributed by atoms with Crippen LogP contribution in [0.5, 0.6) is 0 Å². The van der Waals surface area contributed by atoms with Gasteiger partial charge < -0.3 is 10.1 Å². The molecule has 6 heteroatoms. The minimum absolute atomic E-state index is 0.0214. The monoisotopic (exact) mass is 205 g/mol. The Morgan fingerprint density at radius 2 is 2.50 bits per heavy atom. The minimum Gasteiger partial charge on any atom is -0.358 e. The number of hydrogen-bond acceptors (Lipinski definition) is 3. The van der Waals surface area contributed by atoms with E-state index in [1.165, 1.54) is 17.8 Å². The lowest BCUT2D eigenvalue weighted by Gasteiger charge is -1.89. The lowest BCUT2D eigenvalue weighted by atomic mass is 10.6. The van der Waals surface area contributed by atoms with Gasteiger partial charge in [0.2, 0.25) is 0 Å². The minimum atomic E-state index is -0.488. The van der Waals surface area contributed by atoms with E-state index in [1.807, 2.05) is 0 Å². The van der Waals surface area contributed by atoms with Crippen molar-refractivity contribution < 1.29 is 4.92 Å². The highest BCUT2D eigenvalue weighted by molar-refractivity contribution is 9.10. The topological polar surface area (TPSA) is 61.0 Å². The van der Waals surface area contributed by atoms with E-state index in [1.54, 1.807) is 0 Å². The van der Waals surface area contributed by atoms with Crippen LogP contribution >= 0.6 is 15.9 Å². The number of nitro groups is 1. The molecule has 0 radical (unpaired) electrons. The summed E-state index contributed by atoms with van der Waals surface area (Å²) in [6.07, 6.45) is 0. The molecule has 0 bridgehead atoms. The van der Waals surface area contributed by atoms with Crippen molar-refractivity contribution in [1.82, 2.24) is 9.78 Å². The summed E-state index contributed by atoms with van der Waals surface area (Å²) in [5.41, 5.74) is 0. The summed E-state index contributed by atoms with van der Waals surface area (Å²) in [6, 6.07) is 1.35. The van der Waals surface area contributed by atoms with Crippen LogP contribution in [0, 0.1) is 10.1 Å². The number of hydrogen-bond donors (Lipinski definition) is 0. The van der Waals surface area contributed by atoms with Crippen LogP contribution in [0.15, 0.2) is 10.7 Å². The third-order valence-electron chi connectivity index (χ3n) is 1.01. The fraction of sp³-hybridized carbons (Fsp3) is 0.250. The van der Waals surface area contributed by atoms with Crippen LogP contribution in [-0.2, 0) is 7.05 Å². The molecule has 0 aliphatic carbocycles. The largest absolute Gasteiger partial charge is 0.358 e. The Labute approximate surface area is 64.9 Å². The molecule has 1 aromatic rings. The van der Waals surface area contributed by atoms with E-state index in [4.69, 9.17) is 0 Å². The van der Waals surface area contributed by atoms with E-state index >= 15 is 0 Å². The zero-order chi connectivity index (χ0) is 7.72. The van der Waals surface area contributed by atoms with Gasteiger partial charge in [-0.15, -0.1) is 4.68 Å². The first-order valence-corrected chi connectivity index (χ1v) is 3.24. The Morgan fingerprint density at radius 1 is 1.90 bits per heavy atom. The summed E-state index contributed by atoms with van der Waals surface area (Å²) in [4.78, 5) is 9.67. The van der Waals surface area contributed by atoms with Gasteiger partial charge in [-0.1, -0.05) is 5.10 Å². The summed E-state index contributed by atoms with van der Waals surface area (Å²) in [6.45, 7) is 0. The lowest BCUT2D eigenvalue weighted by Crippen LogP contribution is -1.97. The lowest BCUT2D eigenvalue weighted by molar-refractivity contribution is -0.392. The predicted molar refractivity (Wildman–Crippen MR) is 37.6 cm³/mol. The first-order valence-electron chi connectivity index (χ1n) is 2.45. The van der Waals surface area contributed by atoms with Gasteiger partial charge in [0, 0.05) is 0 Å². The van der Waals surface area contributed by atoms with Crippen LogP contribution in [0.25, 0.3) is 0 Å². The molecule has 1 heterocycles. The molecule has 0 aliphatic rings. The average Bonchev–Trinajstić information content (AvgIpc) is 2.10. The van der Waals surface area contributed by atoms with Crippen LogP contribution in [-0.4, -0.2) is 14.7 Å². The molecule has 0 fully saturated rings. The smallest absolute Gasteiger partial charge is 0.345 e. The average molecular weight is 206 g/mol. The van der Waals surface area contributed by atoms with E-state index in [0.29, 0.717) is 4.60 Å².